The molecule has 31 heavy (non-hydrogen) atoms. The number of pyridine rings is 1. The summed E-state index contributed by atoms with van der Waals surface area (Å²) in [5.74, 6) is 6.20. The van der Waals surface area contributed by atoms with Crippen molar-refractivity contribution in [2.45, 2.75) is 51.4 Å². The summed E-state index contributed by atoms with van der Waals surface area (Å²) in [4.78, 5) is 19.1. The van der Waals surface area contributed by atoms with Gasteiger partial charge in [-0.05, 0) is 99.9 Å². The second-order valence-corrected chi connectivity index (χ2v) is 10.3. The van der Waals surface area contributed by atoms with Crippen LogP contribution in [0.25, 0.3) is 0 Å². The summed E-state index contributed by atoms with van der Waals surface area (Å²) in [5, 5.41) is 3.43. The highest BCUT2D eigenvalue weighted by molar-refractivity contribution is 5.57. The van der Waals surface area contributed by atoms with Gasteiger partial charge in [-0.2, -0.15) is 0 Å². The Morgan fingerprint density at radius 1 is 0.903 bits per heavy atom. The molecule has 0 amide bonds. The third kappa shape index (κ3) is 4.27. The smallest absolute Gasteiger partial charge is 0.150 e. The molecule has 2 atom stereocenters. The molecule has 0 radical (unpaired) electrons. The fraction of sp³-hybridized carbons (Fsp3) is 0.640. The first-order chi connectivity index (χ1) is 15.2. The Kier molecular flexibility index (Phi) is 5.05. The van der Waals surface area contributed by atoms with Crippen molar-refractivity contribution in [2.24, 2.45) is 17.8 Å². The van der Waals surface area contributed by atoms with Crippen molar-refractivity contribution in [3.8, 4) is 0 Å². The minimum absolute atomic E-state index is 0.626. The van der Waals surface area contributed by atoms with Crippen molar-refractivity contribution in [1.82, 2.24) is 19.9 Å². The first kappa shape index (κ1) is 19.5. The van der Waals surface area contributed by atoms with Crippen LogP contribution in [-0.2, 0) is 0 Å². The zero-order chi connectivity index (χ0) is 20.8. The van der Waals surface area contributed by atoms with Gasteiger partial charge in [0.25, 0.3) is 0 Å². The number of fused-ring (bicyclic) bond motifs is 1. The lowest BCUT2D eigenvalue weighted by Gasteiger charge is -2.32. The van der Waals surface area contributed by atoms with Gasteiger partial charge in [0.15, 0.2) is 0 Å². The topological polar surface area (TPSA) is 57.2 Å². The number of aryl methyl sites for hydroxylation is 1. The molecule has 2 saturated heterocycles. The third-order valence-corrected chi connectivity index (χ3v) is 7.95. The van der Waals surface area contributed by atoms with Crippen LogP contribution in [0, 0.1) is 24.7 Å². The van der Waals surface area contributed by atoms with Crippen molar-refractivity contribution in [3.63, 3.8) is 0 Å². The zero-order valence-corrected chi connectivity index (χ0v) is 18.6. The molecule has 1 N–H and O–H groups in total. The number of aromatic nitrogens is 3. The summed E-state index contributed by atoms with van der Waals surface area (Å²) >= 11 is 0. The average Bonchev–Trinajstić information content (AvgIpc) is 3.53. The Labute approximate surface area is 185 Å². The lowest BCUT2D eigenvalue weighted by atomic mass is 9.77. The normalized spacial score (nSPS) is 26.5. The lowest BCUT2D eigenvalue weighted by Crippen LogP contribution is -2.34. The van der Waals surface area contributed by atoms with E-state index in [2.05, 4.69) is 37.2 Å². The van der Waals surface area contributed by atoms with Crippen LogP contribution in [0.5, 0.6) is 0 Å². The van der Waals surface area contributed by atoms with Gasteiger partial charge in [0.05, 0.1) is 18.1 Å². The number of anilines is 3. The monoisotopic (exact) mass is 418 g/mol. The maximum absolute atomic E-state index is 5.02. The molecule has 0 bridgehead atoms. The fourth-order valence-electron chi connectivity index (χ4n) is 5.65. The largest absolute Gasteiger partial charge is 0.356 e. The van der Waals surface area contributed by atoms with Gasteiger partial charge >= 0.3 is 0 Å². The highest BCUT2D eigenvalue weighted by atomic mass is 15.2. The quantitative estimate of drug-likeness (QED) is 0.752. The molecule has 0 spiro atoms. The van der Waals surface area contributed by atoms with E-state index in [0.717, 1.165) is 40.9 Å². The van der Waals surface area contributed by atoms with Gasteiger partial charge < -0.3 is 15.1 Å². The van der Waals surface area contributed by atoms with Crippen LogP contribution in [0.4, 0.5) is 17.5 Å². The van der Waals surface area contributed by atoms with E-state index in [1.165, 1.54) is 76.8 Å². The van der Waals surface area contributed by atoms with E-state index in [4.69, 9.17) is 4.98 Å². The minimum atomic E-state index is 0.626. The standard InChI is InChI=1S/C25H34N6/c1-17-12-27-24(13-26-17)28-23-10-22(19-6-8-30(9-7-19)14-18-2-3-18)11-25(29-23)31-15-20-4-5-21(20)16-31/h10-13,18-21H,2-9,14-16H2,1H3,(H,27,28,29). The van der Waals surface area contributed by atoms with E-state index >= 15 is 0 Å². The van der Waals surface area contributed by atoms with Gasteiger partial charge in [0.2, 0.25) is 0 Å². The van der Waals surface area contributed by atoms with E-state index in [9.17, 15) is 0 Å². The van der Waals surface area contributed by atoms with E-state index in [1.807, 2.05) is 6.92 Å². The average molecular weight is 419 g/mol. The van der Waals surface area contributed by atoms with Gasteiger partial charge in [-0.15, -0.1) is 0 Å². The first-order valence-electron chi connectivity index (χ1n) is 12.2. The van der Waals surface area contributed by atoms with Crippen LogP contribution >= 0.6 is 0 Å². The van der Waals surface area contributed by atoms with Gasteiger partial charge in [0, 0.05) is 19.6 Å². The summed E-state index contributed by atoms with van der Waals surface area (Å²) < 4.78 is 0. The maximum Gasteiger partial charge on any atom is 0.150 e. The summed E-state index contributed by atoms with van der Waals surface area (Å²) in [6, 6.07) is 4.65. The van der Waals surface area contributed by atoms with Crippen molar-refractivity contribution in [2.75, 3.05) is 42.9 Å². The number of piperidine rings is 1. The maximum atomic E-state index is 5.02. The van der Waals surface area contributed by atoms with E-state index < -0.39 is 0 Å². The Balaban J connectivity index is 1.23. The van der Waals surface area contributed by atoms with Crippen LogP contribution in [-0.4, -0.2) is 52.6 Å². The molecule has 6 heteroatoms. The third-order valence-electron chi connectivity index (χ3n) is 7.95. The van der Waals surface area contributed by atoms with Crippen LogP contribution in [0.15, 0.2) is 24.5 Å². The molecule has 2 aromatic rings. The van der Waals surface area contributed by atoms with Gasteiger partial charge in [-0.1, -0.05) is 0 Å². The number of nitrogens with one attached hydrogen (secondary N) is 1. The predicted octanol–water partition coefficient (Wildman–Crippen LogP) is 4.36. The zero-order valence-electron chi connectivity index (χ0n) is 18.6. The molecule has 0 aromatic carbocycles. The van der Waals surface area contributed by atoms with Crippen molar-refractivity contribution in [1.29, 1.82) is 0 Å². The highest BCUT2D eigenvalue weighted by Crippen LogP contribution is 2.42. The van der Waals surface area contributed by atoms with Crippen LogP contribution in [0.1, 0.15) is 55.7 Å². The summed E-state index contributed by atoms with van der Waals surface area (Å²) in [6.45, 7) is 8.10. The molecule has 2 saturated carbocycles. The van der Waals surface area contributed by atoms with Crippen LogP contribution < -0.4 is 10.2 Å². The molecule has 6 rings (SSSR count). The molecule has 164 valence electrons. The Morgan fingerprint density at radius 3 is 2.32 bits per heavy atom. The second kappa shape index (κ2) is 8.05. The lowest BCUT2D eigenvalue weighted by molar-refractivity contribution is 0.204. The number of hydrogen-bond acceptors (Lipinski definition) is 6. The molecule has 4 aliphatic rings. The van der Waals surface area contributed by atoms with Gasteiger partial charge in [-0.3, -0.25) is 4.98 Å². The molecule has 2 unspecified atom stereocenters. The highest BCUT2D eigenvalue weighted by Gasteiger charge is 2.40. The molecular weight excluding hydrogens is 384 g/mol. The molecule has 4 heterocycles. The van der Waals surface area contributed by atoms with Crippen molar-refractivity contribution in [3.05, 3.63) is 35.8 Å². The number of nitrogens with zero attached hydrogens (tertiary/aromatic N) is 5. The molecule has 2 aromatic heterocycles. The second-order valence-electron chi connectivity index (χ2n) is 10.3. The van der Waals surface area contributed by atoms with Gasteiger partial charge in [0.1, 0.15) is 17.5 Å². The van der Waals surface area contributed by atoms with Crippen molar-refractivity contribution >= 4 is 17.5 Å². The molecule has 2 aliphatic heterocycles. The minimum Gasteiger partial charge on any atom is -0.356 e. The Morgan fingerprint density at radius 2 is 1.68 bits per heavy atom. The van der Waals surface area contributed by atoms with E-state index in [1.54, 1.807) is 12.4 Å². The Bertz CT molecular complexity index is 904. The van der Waals surface area contributed by atoms with Crippen LogP contribution in [0.2, 0.25) is 0 Å². The number of rotatable bonds is 6. The molecule has 6 nitrogen and oxygen atoms in total. The number of hydrogen-bond donors (Lipinski definition) is 1. The SMILES string of the molecule is Cc1cnc(Nc2cc(C3CCN(CC4CC4)CC3)cc(N3CC4CCC4C3)n2)cn1. The summed E-state index contributed by atoms with van der Waals surface area (Å²) in [6.07, 6.45) is 11.8. The summed E-state index contributed by atoms with van der Waals surface area (Å²) in [5.41, 5.74) is 2.37. The fourth-order valence-corrected chi connectivity index (χ4v) is 5.65. The van der Waals surface area contributed by atoms with E-state index in [-0.39, 0.29) is 0 Å². The molecule has 4 fully saturated rings. The Hall–Kier alpha value is -2.21. The molecule has 2 aliphatic carbocycles. The first-order valence-corrected chi connectivity index (χ1v) is 12.2. The van der Waals surface area contributed by atoms with Crippen LogP contribution in [0.3, 0.4) is 0 Å². The van der Waals surface area contributed by atoms with Crippen molar-refractivity contribution < 1.29 is 0 Å². The number of likely N-dealkylation sites (tertiary alicyclic amines) is 1. The molecular formula is C25H34N6. The van der Waals surface area contributed by atoms with Gasteiger partial charge in [-0.25, -0.2) is 9.97 Å². The van der Waals surface area contributed by atoms with E-state index in [0.29, 0.717) is 5.92 Å². The summed E-state index contributed by atoms with van der Waals surface area (Å²) in [7, 11) is 0. The predicted molar refractivity (Wildman–Crippen MR) is 124 cm³/mol.